The van der Waals surface area contributed by atoms with Crippen molar-refractivity contribution in [3.63, 3.8) is 0 Å². The minimum absolute atomic E-state index is 0.0508. The summed E-state index contributed by atoms with van der Waals surface area (Å²) in [6.07, 6.45) is 0.898. The standard InChI is InChI=1S/C18H21ClN4O/c1-13-12-14(2)21-18(20-13)23-9-3-8-22(10-11-23)17(24)15-4-6-16(19)7-5-15/h4-7,12H,3,8-11H2,1-2H3. The third-order valence-corrected chi connectivity index (χ3v) is 4.38. The summed E-state index contributed by atoms with van der Waals surface area (Å²) >= 11 is 5.90. The first kappa shape index (κ1) is 16.7. The number of nitrogens with zero attached hydrogens (tertiary/aromatic N) is 4. The average molecular weight is 345 g/mol. The number of aromatic nitrogens is 2. The van der Waals surface area contributed by atoms with Gasteiger partial charge in [-0.05, 0) is 50.6 Å². The van der Waals surface area contributed by atoms with Crippen LogP contribution < -0.4 is 4.90 Å². The number of aryl methyl sites for hydroxylation is 2. The number of benzene rings is 1. The van der Waals surface area contributed by atoms with Crippen molar-refractivity contribution in [2.75, 3.05) is 31.1 Å². The maximum absolute atomic E-state index is 12.6. The first-order valence-electron chi connectivity index (χ1n) is 8.15. The van der Waals surface area contributed by atoms with Gasteiger partial charge in [0.1, 0.15) is 0 Å². The van der Waals surface area contributed by atoms with Crippen molar-refractivity contribution in [3.8, 4) is 0 Å². The van der Waals surface area contributed by atoms with Gasteiger partial charge in [-0.15, -0.1) is 0 Å². The Kier molecular flexibility index (Phi) is 5.00. The van der Waals surface area contributed by atoms with Gasteiger partial charge in [0.15, 0.2) is 0 Å². The van der Waals surface area contributed by atoms with Gasteiger partial charge in [-0.3, -0.25) is 4.79 Å². The molecule has 24 heavy (non-hydrogen) atoms. The SMILES string of the molecule is Cc1cc(C)nc(N2CCCN(C(=O)c3ccc(Cl)cc3)CC2)n1. The van der Waals surface area contributed by atoms with Crippen molar-refractivity contribution in [2.45, 2.75) is 20.3 Å². The molecule has 0 aliphatic carbocycles. The second-order valence-electron chi connectivity index (χ2n) is 6.09. The van der Waals surface area contributed by atoms with E-state index in [1.54, 1.807) is 24.3 Å². The summed E-state index contributed by atoms with van der Waals surface area (Å²) in [6.45, 7) is 6.95. The molecule has 0 unspecified atom stereocenters. The highest BCUT2D eigenvalue weighted by molar-refractivity contribution is 6.30. The Bertz CT molecular complexity index is 712. The fourth-order valence-electron chi connectivity index (χ4n) is 2.94. The van der Waals surface area contributed by atoms with Crippen LogP contribution in [0, 0.1) is 13.8 Å². The lowest BCUT2D eigenvalue weighted by atomic mass is 10.2. The molecule has 1 saturated heterocycles. The summed E-state index contributed by atoms with van der Waals surface area (Å²) < 4.78 is 0. The quantitative estimate of drug-likeness (QED) is 0.840. The fraction of sp³-hybridized carbons (Fsp3) is 0.389. The molecule has 2 aromatic rings. The predicted octanol–water partition coefficient (Wildman–Crippen LogP) is 3.10. The van der Waals surface area contributed by atoms with Crippen LogP contribution in [0.25, 0.3) is 0 Å². The number of hydrogen-bond donors (Lipinski definition) is 0. The van der Waals surface area contributed by atoms with Crippen molar-refractivity contribution in [3.05, 3.63) is 52.3 Å². The molecule has 0 bridgehead atoms. The van der Waals surface area contributed by atoms with E-state index in [-0.39, 0.29) is 5.91 Å². The largest absolute Gasteiger partial charge is 0.339 e. The van der Waals surface area contributed by atoms with Crippen LogP contribution in [0.2, 0.25) is 5.02 Å². The molecule has 2 heterocycles. The van der Waals surface area contributed by atoms with E-state index in [0.717, 1.165) is 43.4 Å². The molecular formula is C18H21ClN4O. The molecule has 1 aromatic heterocycles. The highest BCUT2D eigenvalue weighted by Crippen LogP contribution is 2.16. The van der Waals surface area contributed by atoms with Gasteiger partial charge in [0.05, 0.1) is 0 Å². The summed E-state index contributed by atoms with van der Waals surface area (Å²) in [7, 11) is 0. The number of carbonyl (C=O) groups is 1. The van der Waals surface area contributed by atoms with E-state index < -0.39 is 0 Å². The molecule has 0 radical (unpaired) electrons. The molecule has 0 spiro atoms. The van der Waals surface area contributed by atoms with E-state index in [9.17, 15) is 4.79 Å². The van der Waals surface area contributed by atoms with Gasteiger partial charge >= 0.3 is 0 Å². The van der Waals surface area contributed by atoms with Crippen LogP contribution in [0.3, 0.4) is 0 Å². The molecular weight excluding hydrogens is 324 g/mol. The van der Waals surface area contributed by atoms with E-state index in [2.05, 4.69) is 14.9 Å². The number of halogens is 1. The average Bonchev–Trinajstić information content (AvgIpc) is 2.80. The fourth-order valence-corrected chi connectivity index (χ4v) is 3.07. The highest BCUT2D eigenvalue weighted by atomic mass is 35.5. The molecule has 1 aliphatic rings. The van der Waals surface area contributed by atoms with Crippen LogP contribution in [-0.4, -0.2) is 47.0 Å². The summed E-state index contributed by atoms with van der Waals surface area (Å²) in [4.78, 5) is 25.8. The van der Waals surface area contributed by atoms with E-state index in [1.807, 2.05) is 24.8 Å². The van der Waals surface area contributed by atoms with Crippen molar-refractivity contribution in [2.24, 2.45) is 0 Å². The molecule has 1 aliphatic heterocycles. The van der Waals surface area contributed by atoms with Gasteiger partial charge in [-0.2, -0.15) is 0 Å². The van der Waals surface area contributed by atoms with Crippen LogP contribution in [-0.2, 0) is 0 Å². The van der Waals surface area contributed by atoms with Crippen LogP contribution in [0.4, 0.5) is 5.95 Å². The number of hydrogen-bond acceptors (Lipinski definition) is 4. The number of rotatable bonds is 2. The summed E-state index contributed by atoms with van der Waals surface area (Å²) in [5.41, 5.74) is 2.61. The van der Waals surface area contributed by atoms with Crippen molar-refractivity contribution < 1.29 is 4.79 Å². The van der Waals surface area contributed by atoms with E-state index in [4.69, 9.17) is 11.6 Å². The Hall–Kier alpha value is -2.14. The Morgan fingerprint density at radius 3 is 2.33 bits per heavy atom. The monoisotopic (exact) mass is 344 g/mol. The Labute approximate surface area is 147 Å². The lowest BCUT2D eigenvalue weighted by Gasteiger charge is -2.22. The smallest absolute Gasteiger partial charge is 0.253 e. The van der Waals surface area contributed by atoms with Crippen molar-refractivity contribution >= 4 is 23.5 Å². The topological polar surface area (TPSA) is 49.3 Å². The molecule has 0 N–H and O–H groups in total. The highest BCUT2D eigenvalue weighted by Gasteiger charge is 2.21. The third-order valence-electron chi connectivity index (χ3n) is 4.13. The van der Waals surface area contributed by atoms with Gasteiger partial charge in [-0.1, -0.05) is 11.6 Å². The lowest BCUT2D eigenvalue weighted by molar-refractivity contribution is 0.0767. The minimum atomic E-state index is 0.0508. The summed E-state index contributed by atoms with van der Waals surface area (Å²) in [5, 5.41) is 0.639. The summed E-state index contributed by atoms with van der Waals surface area (Å²) in [5.74, 6) is 0.808. The molecule has 0 atom stereocenters. The normalized spacial score (nSPS) is 15.3. The van der Waals surface area contributed by atoms with E-state index in [1.165, 1.54) is 0 Å². The molecule has 3 rings (SSSR count). The molecule has 1 amide bonds. The molecule has 0 saturated carbocycles. The number of carbonyl (C=O) groups excluding carboxylic acids is 1. The first-order chi connectivity index (χ1) is 11.5. The third kappa shape index (κ3) is 3.85. The molecule has 6 heteroatoms. The predicted molar refractivity (Wildman–Crippen MR) is 95.7 cm³/mol. The van der Waals surface area contributed by atoms with Crippen LogP contribution in [0.1, 0.15) is 28.2 Å². The van der Waals surface area contributed by atoms with Crippen LogP contribution in [0.15, 0.2) is 30.3 Å². The molecule has 1 aromatic carbocycles. The molecule has 5 nitrogen and oxygen atoms in total. The maximum Gasteiger partial charge on any atom is 0.253 e. The minimum Gasteiger partial charge on any atom is -0.339 e. The van der Waals surface area contributed by atoms with Gasteiger partial charge in [-0.25, -0.2) is 9.97 Å². The zero-order valence-corrected chi connectivity index (χ0v) is 14.8. The van der Waals surface area contributed by atoms with Crippen molar-refractivity contribution in [1.82, 2.24) is 14.9 Å². The van der Waals surface area contributed by atoms with Gasteiger partial charge < -0.3 is 9.80 Å². The maximum atomic E-state index is 12.6. The Morgan fingerprint density at radius 2 is 1.67 bits per heavy atom. The van der Waals surface area contributed by atoms with Gasteiger partial charge in [0.25, 0.3) is 5.91 Å². The molecule has 126 valence electrons. The Balaban J connectivity index is 1.70. The zero-order chi connectivity index (χ0) is 17.1. The van der Waals surface area contributed by atoms with Gasteiger partial charge in [0.2, 0.25) is 5.95 Å². The van der Waals surface area contributed by atoms with E-state index in [0.29, 0.717) is 17.1 Å². The van der Waals surface area contributed by atoms with Crippen molar-refractivity contribution in [1.29, 1.82) is 0 Å². The van der Waals surface area contributed by atoms with E-state index >= 15 is 0 Å². The zero-order valence-electron chi connectivity index (χ0n) is 14.0. The van der Waals surface area contributed by atoms with Gasteiger partial charge in [0, 0.05) is 48.2 Å². The first-order valence-corrected chi connectivity index (χ1v) is 8.53. The second kappa shape index (κ2) is 7.18. The number of anilines is 1. The Morgan fingerprint density at radius 1 is 1.00 bits per heavy atom. The molecule has 1 fully saturated rings. The number of amides is 1. The van der Waals surface area contributed by atoms with Crippen LogP contribution in [0.5, 0.6) is 0 Å². The second-order valence-corrected chi connectivity index (χ2v) is 6.53. The summed E-state index contributed by atoms with van der Waals surface area (Å²) in [6, 6.07) is 9.03. The lowest BCUT2D eigenvalue weighted by Crippen LogP contribution is -2.35. The van der Waals surface area contributed by atoms with Crippen LogP contribution >= 0.6 is 11.6 Å².